The van der Waals surface area contributed by atoms with Gasteiger partial charge in [0.25, 0.3) is 0 Å². The fraction of sp³-hybridized carbons (Fsp3) is 0.320. The van der Waals surface area contributed by atoms with Crippen LogP contribution in [0.2, 0.25) is 0 Å². The van der Waals surface area contributed by atoms with Gasteiger partial charge in [-0.3, -0.25) is 4.79 Å². The number of hydrogen-bond donors (Lipinski definition) is 1. The third-order valence-electron chi connectivity index (χ3n) is 5.98. The molecule has 2 aromatic carbocycles. The zero-order valence-corrected chi connectivity index (χ0v) is 19.4. The van der Waals surface area contributed by atoms with E-state index in [9.17, 15) is 13.2 Å². The van der Waals surface area contributed by atoms with Crippen LogP contribution in [-0.4, -0.2) is 54.7 Å². The number of aryl methyl sites for hydroxylation is 3. The average Bonchev–Trinajstić information content (AvgIpc) is 3.27. The molecular weight excluding hydrogens is 422 g/mol. The number of nitrogens with one attached hydrogen (secondary N) is 1. The summed E-state index contributed by atoms with van der Waals surface area (Å²) >= 11 is 0. The number of carbonyl (C=O) groups is 1. The Bertz CT molecular complexity index is 1190. The Morgan fingerprint density at radius 3 is 2.34 bits per heavy atom. The van der Waals surface area contributed by atoms with Crippen molar-refractivity contribution in [2.75, 3.05) is 26.2 Å². The normalized spacial score (nSPS) is 15.1. The number of rotatable bonds is 6. The summed E-state index contributed by atoms with van der Waals surface area (Å²) in [4.78, 5) is 18.2. The Morgan fingerprint density at radius 1 is 0.938 bits per heavy atom. The maximum absolute atomic E-state index is 13.0. The van der Waals surface area contributed by atoms with Gasteiger partial charge in [-0.25, -0.2) is 8.42 Å². The lowest BCUT2D eigenvalue weighted by Crippen LogP contribution is -2.50. The predicted octanol–water partition coefficient (Wildman–Crippen LogP) is 3.76. The predicted molar refractivity (Wildman–Crippen MR) is 126 cm³/mol. The Balaban J connectivity index is 1.31. The number of amides is 1. The van der Waals surface area contributed by atoms with E-state index in [1.807, 2.05) is 68.4 Å². The van der Waals surface area contributed by atoms with E-state index in [0.29, 0.717) is 43.9 Å². The molecule has 6 nitrogen and oxygen atoms in total. The van der Waals surface area contributed by atoms with E-state index >= 15 is 0 Å². The molecule has 4 rings (SSSR count). The summed E-state index contributed by atoms with van der Waals surface area (Å²) in [6.07, 6.45) is 1.03. The molecule has 0 radical (unpaired) electrons. The van der Waals surface area contributed by atoms with Gasteiger partial charge >= 0.3 is 0 Å². The fourth-order valence-electron chi connectivity index (χ4n) is 4.18. The third-order valence-corrected chi connectivity index (χ3v) is 8.04. The molecule has 3 aromatic rings. The van der Waals surface area contributed by atoms with Crippen molar-refractivity contribution in [1.29, 1.82) is 0 Å². The average molecular weight is 452 g/mol. The number of hydrogen-bond acceptors (Lipinski definition) is 3. The van der Waals surface area contributed by atoms with Gasteiger partial charge in [-0.15, -0.1) is 0 Å². The fourth-order valence-corrected chi connectivity index (χ4v) is 5.81. The largest absolute Gasteiger partial charge is 0.358 e. The molecule has 168 valence electrons. The molecule has 0 atom stereocenters. The van der Waals surface area contributed by atoms with E-state index in [-0.39, 0.29) is 5.91 Å². The number of piperazine rings is 1. The molecule has 1 aliphatic heterocycles. The zero-order valence-electron chi connectivity index (χ0n) is 18.5. The molecule has 1 saturated heterocycles. The smallest absolute Gasteiger partial charge is 0.243 e. The van der Waals surface area contributed by atoms with Gasteiger partial charge in [0.1, 0.15) is 0 Å². The van der Waals surface area contributed by atoms with Crippen LogP contribution in [0.4, 0.5) is 0 Å². The summed E-state index contributed by atoms with van der Waals surface area (Å²) in [5.41, 5.74) is 4.97. The Morgan fingerprint density at radius 2 is 1.66 bits per heavy atom. The molecule has 0 unspecified atom stereocenters. The van der Waals surface area contributed by atoms with Crippen LogP contribution < -0.4 is 0 Å². The topological polar surface area (TPSA) is 73.5 Å². The summed E-state index contributed by atoms with van der Waals surface area (Å²) in [6.45, 7) is 5.25. The molecule has 1 aromatic heterocycles. The minimum Gasteiger partial charge on any atom is -0.358 e. The summed E-state index contributed by atoms with van der Waals surface area (Å²) < 4.78 is 27.6. The number of benzene rings is 2. The minimum absolute atomic E-state index is 0.0597. The molecule has 1 N–H and O–H groups in total. The minimum atomic E-state index is -3.55. The summed E-state index contributed by atoms with van der Waals surface area (Å²) in [5, 5.41) is 0. The molecule has 0 spiro atoms. The zero-order chi connectivity index (χ0) is 22.7. The molecule has 1 aliphatic rings. The standard InChI is InChI=1S/C25H29N3O3S/c1-19-8-12-24(20(2)18-19)32(30,31)28-16-14-27(15-17-28)25(29)13-10-22-9-11-23(26-22)21-6-4-3-5-7-21/h3-9,11-12,18,26H,10,13-17H2,1-2H3. The van der Waals surface area contributed by atoms with Crippen LogP contribution >= 0.6 is 0 Å². The van der Waals surface area contributed by atoms with Crippen molar-refractivity contribution in [2.45, 2.75) is 31.6 Å². The number of H-pyrrole nitrogens is 1. The van der Waals surface area contributed by atoms with E-state index in [0.717, 1.165) is 28.1 Å². The lowest BCUT2D eigenvalue weighted by Gasteiger charge is -2.34. The van der Waals surface area contributed by atoms with Crippen molar-refractivity contribution < 1.29 is 13.2 Å². The Labute approximate surface area is 189 Å². The first-order valence-corrected chi connectivity index (χ1v) is 12.4. The first-order chi connectivity index (χ1) is 15.3. The molecule has 1 fully saturated rings. The summed E-state index contributed by atoms with van der Waals surface area (Å²) in [7, 11) is -3.55. The van der Waals surface area contributed by atoms with E-state index in [4.69, 9.17) is 0 Å². The maximum Gasteiger partial charge on any atom is 0.243 e. The molecular formula is C25H29N3O3S. The van der Waals surface area contributed by atoms with Crippen LogP contribution in [0.25, 0.3) is 11.3 Å². The van der Waals surface area contributed by atoms with Gasteiger partial charge < -0.3 is 9.88 Å². The van der Waals surface area contributed by atoms with Gasteiger partial charge in [-0.2, -0.15) is 4.31 Å². The molecule has 32 heavy (non-hydrogen) atoms. The number of nitrogens with zero attached hydrogens (tertiary/aromatic N) is 2. The molecule has 2 heterocycles. The SMILES string of the molecule is Cc1ccc(S(=O)(=O)N2CCN(C(=O)CCc3ccc(-c4ccccc4)[nH]3)CC2)c(C)c1. The van der Waals surface area contributed by atoms with Crippen molar-refractivity contribution in [3.63, 3.8) is 0 Å². The Hall–Kier alpha value is -2.90. The van der Waals surface area contributed by atoms with Crippen molar-refractivity contribution >= 4 is 15.9 Å². The summed E-state index contributed by atoms with van der Waals surface area (Å²) in [6, 6.07) is 19.5. The second-order valence-electron chi connectivity index (χ2n) is 8.32. The molecule has 7 heteroatoms. The Kier molecular flexibility index (Phi) is 6.48. The van der Waals surface area contributed by atoms with Crippen molar-refractivity contribution in [3.8, 4) is 11.3 Å². The van der Waals surface area contributed by atoms with Crippen molar-refractivity contribution in [3.05, 3.63) is 77.5 Å². The van der Waals surface area contributed by atoms with E-state index < -0.39 is 10.0 Å². The van der Waals surface area contributed by atoms with Crippen LogP contribution in [0.3, 0.4) is 0 Å². The van der Waals surface area contributed by atoms with Crippen LogP contribution in [0.5, 0.6) is 0 Å². The molecule has 0 saturated carbocycles. The first-order valence-electron chi connectivity index (χ1n) is 10.9. The van der Waals surface area contributed by atoms with Crippen molar-refractivity contribution in [1.82, 2.24) is 14.2 Å². The van der Waals surface area contributed by atoms with E-state index in [1.165, 1.54) is 4.31 Å². The van der Waals surface area contributed by atoms with Gasteiger partial charge in [0, 0.05) is 44.0 Å². The number of sulfonamides is 1. The second kappa shape index (κ2) is 9.30. The van der Waals surface area contributed by atoms with Gasteiger partial charge in [0.2, 0.25) is 15.9 Å². The van der Waals surface area contributed by atoms with Gasteiger partial charge in [-0.1, -0.05) is 48.0 Å². The van der Waals surface area contributed by atoms with E-state index in [1.54, 1.807) is 11.0 Å². The van der Waals surface area contributed by atoms with Crippen LogP contribution in [0.1, 0.15) is 23.2 Å². The van der Waals surface area contributed by atoms with Crippen LogP contribution in [0.15, 0.2) is 65.6 Å². The highest BCUT2D eigenvalue weighted by Gasteiger charge is 2.30. The third kappa shape index (κ3) is 4.79. The molecule has 0 aliphatic carbocycles. The molecule has 0 bridgehead atoms. The second-order valence-corrected chi connectivity index (χ2v) is 10.2. The lowest BCUT2D eigenvalue weighted by atomic mass is 10.2. The quantitative estimate of drug-likeness (QED) is 0.620. The maximum atomic E-state index is 13.0. The lowest BCUT2D eigenvalue weighted by molar-refractivity contribution is -0.132. The number of carbonyl (C=O) groups excluding carboxylic acids is 1. The van der Waals surface area contributed by atoms with Gasteiger partial charge in [0.05, 0.1) is 4.90 Å². The number of aromatic nitrogens is 1. The summed E-state index contributed by atoms with van der Waals surface area (Å²) in [5.74, 6) is 0.0597. The monoisotopic (exact) mass is 451 g/mol. The molecule has 1 amide bonds. The van der Waals surface area contributed by atoms with E-state index in [2.05, 4.69) is 4.98 Å². The van der Waals surface area contributed by atoms with Crippen LogP contribution in [-0.2, 0) is 21.2 Å². The highest BCUT2D eigenvalue weighted by Crippen LogP contribution is 2.23. The first kappa shape index (κ1) is 22.3. The van der Waals surface area contributed by atoms with Gasteiger partial charge in [-0.05, 0) is 49.6 Å². The highest BCUT2D eigenvalue weighted by molar-refractivity contribution is 7.89. The van der Waals surface area contributed by atoms with Gasteiger partial charge in [0.15, 0.2) is 0 Å². The number of aromatic amines is 1. The van der Waals surface area contributed by atoms with Crippen LogP contribution in [0, 0.1) is 13.8 Å². The van der Waals surface area contributed by atoms with Crippen molar-refractivity contribution in [2.24, 2.45) is 0 Å². The highest BCUT2D eigenvalue weighted by atomic mass is 32.2.